The number of rotatable bonds is 6. The van der Waals surface area contributed by atoms with Crippen LogP contribution >= 0.6 is 11.3 Å². The number of amides is 2. The normalized spacial score (nSPS) is 10.8. The van der Waals surface area contributed by atoms with Crippen LogP contribution in [0.5, 0.6) is 0 Å². The van der Waals surface area contributed by atoms with Gasteiger partial charge in [-0.1, -0.05) is 18.2 Å². The molecule has 0 radical (unpaired) electrons. The number of carbonyl (C=O) groups is 3. The van der Waals surface area contributed by atoms with Gasteiger partial charge >= 0.3 is 5.97 Å². The second kappa shape index (κ2) is 9.48. The molecule has 174 valence electrons. The van der Waals surface area contributed by atoms with E-state index in [1.165, 1.54) is 11.2 Å². The number of hydrogen-bond donors (Lipinski definition) is 1. The lowest BCUT2D eigenvalue weighted by atomic mass is 10.1. The van der Waals surface area contributed by atoms with Crippen molar-refractivity contribution >= 4 is 45.0 Å². The van der Waals surface area contributed by atoms with Gasteiger partial charge in [-0.25, -0.2) is 9.78 Å². The maximum Gasteiger partial charge on any atom is 0.341 e. The Kier molecular flexibility index (Phi) is 6.47. The highest BCUT2D eigenvalue weighted by molar-refractivity contribution is 7.18. The first-order valence-corrected chi connectivity index (χ1v) is 11.4. The standard InChI is InChI=1S/C25H23N3O5S/c1-5-32-25(31)20-14(2)21(24(30)28(3)4)34-23(20)27-22(29)16-13-18(19-11-8-12-33-19)26-17-10-7-6-9-15(16)17/h6-13H,5H2,1-4H3,(H,27,29). The van der Waals surface area contributed by atoms with Crippen LogP contribution in [-0.4, -0.2) is 48.4 Å². The highest BCUT2D eigenvalue weighted by Gasteiger charge is 2.28. The number of nitrogens with zero attached hydrogens (tertiary/aromatic N) is 2. The molecule has 0 aliphatic heterocycles. The molecule has 9 heteroatoms. The lowest BCUT2D eigenvalue weighted by molar-refractivity contribution is 0.0527. The van der Waals surface area contributed by atoms with Gasteiger partial charge in [0.25, 0.3) is 11.8 Å². The second-order valence-electron chi connectivity index (χ2n) is 7.68. The van der Waals surface area contributed by atoms with Crippen molar-refractivity contribution in [3.8, 4) is 11.5 Å². The van der Waals surface area contributed by atoms with E-state index in [9.17, 15) is 14.4 Å². The van der Waals surface area contributed by atoms with Gasteiger partial charge in [-0.3, -0.25) is 9.59 Å². The van der Waals surface area contributed by atoms with E-state index in [0.717, 1.165) is 11.3 Å². The molecule has 0 aliphatic carbocycles. The molecule has 0 saturated carbocycles. The molecule has 8 nitrogen and oxygen atoms in total. The lowest BCUT2D eigenvalue weighted by Crippen LogP contribution is -2.21. The van der Waals surface area contributed by atoms with Crippen LogP contribution < -0.4 is 5.32 Å². The third-order valence-electron chi connectivity index (χ3n) is 5.19. The molecule has 1 aromatic carbocycles. The van der Waals surface area contributed by atoms with Gasteiger partial charge in [-0.2, -0.15) is 0 Å². The van der Waals surface area contributed by atoms with Crippen molar-refractivity contribution in [3.05, 3.63) is 70.3 Å². The average Bonchev–Trinajstić information content (AvgIpc) is 3.46. The SMILES string of the molecule is CCOC(=O)c1c(NC(=O)c2cc(-c3ccco3)nc3ccccc23)sc(C(=O)N(C)C)c1C. The Morgan fingerprint density at radius 1 is 1.15 bits per heavy atom. The number of para-hydroxylation sites is 1. The molecule has 3 heterocycles. The minimum Gasteiger partial charge on any atom is -0.463 e. The monoisotopic (exact) mass is 477 g/mol. The van der Waals surface area contributed by atoms with Crippen LogP contribution in [0.25, 0.3) is 22.4 Å². The number of fused-ring (bicyclic) bond motifs is 1. The Morgan fingerprint density at radius 2 is 1.91 bits per heavy atom. The molecule has 0 spiro atoms. The third kappa shape index (κ3) is 4.29. The van der Waals surface area contributed by atoms with Crippen LogP contribution in [-0.2, 0) is 4.74 Å². The van der Waals surface area contributed by atoms with Crippen molar-refractivity contribution < 1.29 is 23.5 Å². The molecule has 4 aromatic rings. The van der Waals surface area contributed by atoms with Gasteiger partial charge in [0.05, 0.1) is 34.4 Å². The van der Waals surface area contributed by atoms with E-state index in [1.807, 2.05) is 18.2 Å². The van der Waals surface area contributed by atoms with E-state index >= 15 is 0 Å². The van der Waals surface area contributed by atoms with E-state index in [4.69, 9.17) is 9.15 Å². The molecular formula is C25H23N3O5S. The molecule has 1 N–H and O–H groups in total. The summed E-state index contributed by atoms with van der Waals surface area (Å²) in [5.74, 6) is -0.775. The Labute approximate surface area is 200 Å². The van der Waals surface area contributed by atoms with E-state index in [0.29, 0.717) is 38.4 Å². The Morgan fingerprint density at radius 3 is 2.59 bits per heavy atom. The highest BCUT2D eigenvalue weighted by atomic mass is 32.1. The van der Waals surface area contributed by atoms with Crippen molar-refractivity contribution in [1.82, 2.24) is 9.88 Å². The van der Waals surface area contributed by atoms with Gasteiger partial charge in [0.1, 0.15) is 10.7 Å². The fraction of sp³-hybridized carbons (Fsp3) is 0.200. The summed E-state index contributed by atoms with van der Waals surface area (Å²) in [6.45, 7) is 3.54. The van der Waals surface area contributed by atoms with Crippen molar-refractivity contribution in [2.45, 2.75) is 13.8 Å². The number of thiophene rings is 1. The molecule has 0 fully saturated rings. The summed E-state index contributed by atoms with van der Waals surface area (Å²) in [6.07, 6.45) is 1.54. The molecule has 0 bridgehead atoms. The summed E-state index contributed by atoms with van der Waals surface area (Å²) in [4.78, 5) is 45.3. The highest BCUT2D eigenvalue weighted by Crippen LogP contribution is 2.35. The van der Waals surface area contributed by atoms with E-state index in [-0.39, 0.29) is 23.1 Å². The Balaban J connectivity index is 1.81. The first-order valence-electron chi connectivity index (χ1n) is 10.6. The molecule has 3 aromatic heterocycles. The fourth-order valence-electron chi connectivity index (χ4n) is 3.54. The number of carbonyl (C=O) groups excluding carboxylic acids is 3. The lowest BCUT2D eigenvalue weighted by Gasteiger charge is -2.10. The molecule has 2 amide bonds. The van der Waals surface area contributed by atoms with Gasteiger partial charge in [-0.05, 0) is 43.7 Å². The quantitative estimate of drug-likeness (QED) is 0.392. The van der Waals surface area contributed by atoms with Gasteiger partial charge in [0.2, 0.25) is 0 Å². The van der Waals surface area contributed by atoms with Crippen molar-refractivity contribution in [2.24, 2.45) is 0 Å². The number of ether oxygens (including phenoxy) is 1. The zero-order chi connectivity index (χ0) is 24.4. The largest absolute Gasteiger partial charge is 0.463 e. The predicted molar refractivity (Wildman–Crippen MR) is 130 cm³/mol. The first kappa shape index (κ1) is 23.2. The van der Waals surface area contributed by atoms with Crippen LogP contribution in [0.4, 0.5) is 5.00 Å². The maximum absolute atomic E-state index is 13.5. The number of pyridine rings is 1. The van der Waals surface area contributed by atoms with Crippen molar-refractivity contribution in [2.75, 3.05) is 26.0 Å². The molecule has 0 saturated heterocycles. The second-order valence-corrected chi connectivity index (χ2v) is 8.70. The van der Waals surface area contributed by atoms with Gasteiger partial charge < -0.3 is 19.4 Å². The number of hydrogen-bond acceptors (Lipinski definition) is 7. The summed E-state index contributed by atoms with van der Waals surface area (Å²) in [5.41, 5.74) is 2.13. The molecule has 0 atom stereocenters. The molecule has 0 unspecified atom stereocenters. The van der Waals surface area contributed by atoms with Crippen molar-refractivity contribution in [3.63, 3.8) is 0 Å². The van der Waals surface area contributed by atoms with Crippen LogP contribution in [0.2, 0.25) is 0 Å². The number of aromatic nitrogens is 1. The third-order valence-corrected chi connectivity index (χ3v) is 6.38. The maximum atomic E-state index is 13.5. The number of benzene rings is 1. The summed E-state index contributed by atoms with van der Waals surface area (Å²) < 4.78 is 10.7. The molecule has 0 aliphatic rings. The minimum atomic E-state index is -0.597. The van der Waals surface area contributed by atoms with Crippen LogP contribution in [0.15, 0.2) is 53.1 Å². The van der Waals surface area contributed by atoms with Crippen LogP contribution in [0.3, 0.4) is 0 Å². The van der Waals surface area contributed by atoms with Gasteiger partial charge in [0, 0.05) is 19.5 Å². The first-order chi connectivity index (χ1) is 16.3. The van der Waals surface area contributed by atoms with Gasteiger partial charge in [-0.15, -0.1) is 11.3 Å². The summed E-state index contributed by atoms with van der Waals surface area (Å²) >= 11 is 1.05. The number of nitrogens with one attached hydrogen (secondary N) is 1. The summed E-state index contributed by atoms with van der Waals surface area (Å²) in [7, 11) is 3.26. The van der Waals surface area contributed by atoms with E-state index in [1.54, 1.807) is 52.2 Å². The van der Waals surface area contributed by atoms with E-state index in [2.05, 4.69) is 10.3 Å². The fourth-order valence-corrected chi connectivity index (χ4v) is 4.75. The zero-order valence-corrected chi connectivity index (χ0v) is 20.0. The number of anilines is 1. The molecular weight excluding hydrogens is 454 g/mol. The van der Waals surface area contributed by atoms with Crippen LogP contribution in [0, 0.1) is 6.92 Å². The minimum absolute atomic E-state index is 0.167. The molecule has 34 heavy (non-hydrogen) atoms. The van der Waals surface area contributed by atoms with E-state index < -0.39 is 11.9 Å². The summed E-state index contributed by atoms with van der Waals surface area (Å²) in [5, 5.41) is 3.74. The summed E-state index contributed by atoms with van der Waals surface area (Å²) in [6, 6.07) is 12.4. The topological polar surface area (TPSA) is 102 Å². The number of esters is 1. The van der Waals surface area contributed by atoms with Crippen molar-refractivity contribution in [1.29, 1.82) is 0 Å². The smallest absolute Gasteiger partial charge is 0.341 e. The Bertz CT molecular complexity index is 1390. The zero-order valence-electron chi connectivity index (χ0n) is 19.2. The predicted octanol–water partition coefficient (Wildman–Crippen LogP) is 5.00. The number of furan rings is 1. The Hall–Kier alpha value is -3.98. The molecule has 4 rings (SSSR count). The van der Waals surface area contributed by atoms with Crippen LogP contribution in [0.1, 0.15) is 42.9 Å². The van der Waals surface area contributed by atoms with Gasteiger partial charge in [0.15, 0.2) is 5.76 Å². The average molecular weight is 478 g/mol.